The van der Waals surface area contributed by atoms with Crippen LogP contribution in [0.4, 0.5) is 14.5 Å². The summed E-state index contributed by atoms with van der Waals surface area (Å²) in [6, 6.07) is 11.7. The van der Waals surface area contributed by atoms with Gasteiger partial charge in [0.15, 0.2) is 0 Å². The first kappa shape index (κ1) is 18.5. The number of nitro groups is 1. The van der Waals surface area contributed by atoms with E-state index in [0.717, 1.165) is 0 Å². The van der Waals surface area contributed by atoms with Crippen molar-refractivity contribution in [3.63, 3.8) is 0 Å². The summed E-state index contributed by atoms with van der Waals surface area (Å²) in [7, 11) is 0. The van der Waals surface area contributed by atoms with Crippen molar-refractivity contribution in [3.05, 3.63) is 76.6 Å². The predicted molar refractivity (Wildman–Crippen MR) is 92.4 cm³/mol. The van der Waals surface area contributed by atoms with Gasteiger partial charge in [-0.2, -0.15) is 8.78 Å². The second-order valence-electron chi connectivity index (χ2n) is 5.67. The molecule has 0 radical (unpaired) electrons. The molecule has 7 nitrogen and oxygen atoms in total. The highest BCUT2D eigenvalue weighted by Crippen LogP contribution is 2.25. The molecule has 0 fully saturated rings. The molecule has 0 amide bonds. The number of aliphatic hydroxyl groups excluding tert-OH is 1. The SMILES string of the molecule is O=[N+]([O-])c1cccc(-c2nccn2C[C@H](O)c2ccc(OC(F)F)cc2)c1. The molecule has 0 saturated heterocycles. The molecule has 0 spiro atoms. The molecule has 3 rings (SSSR count). The van der Waals surface area contributed by atoms with E-state index in [1.165, 1.54) is 42.6 Å². The van der Waals surface area contributed by atoms with E-state index >= 15 is 0 Å². The average Bonchev–Trinajstić information content (AvgIpc) is 3.10. The largest absolute Gasteiger partial charge is 0.435 e. The highest BCUT2D eigenvalue weighted by atomic mass is 19.3. The lowest BCUT2D eigenvalue weighted by Crippen LogP contribution is -2.09. The summed E-state index contributed by atoms with van der Waals surface area (Å²) in [6.07, 6.45) is 2.24. The van der Waals surface area contributed by atoms with E-state index in [2.05, 4.69) is 9.72 Å². The fraction of sp³-hybridized carbons (Fsp3) is 0.167. The molecular formula is C18H15F2N3O4. The first-order valence-corrected chi connectivity index (χ1v) is 7.93. The van der Waals surface area contributed by atoms with Crippen molar-refractivity contribution in [1.29, 1.82) is 0 Å². The Balaban J connectivity index is 1.78. The number of benzene rings is 2. The Bertz CT molecular complexity index is 928. The number of nitro benzene ring substituents is 1. The molecule has 0 bridgehead atoms. The molecule has 3 aromatic rings. The summed E-state index contributed by atoms with van der Waals surface area (Å²) in [6.45, 7) is -2.78. The van der Waals surface area contributed by atoms with Gasteiger partial charge in [0.05, 0.1) is 17.6 Å². The predicted octanol–water partition coefficient (Wildman–Crippen LogP) is 3.79. The summed E-state index contributed by atoms with van der Waals surface area (Å²) in [5.41, 5.74) is 0.995. The quantitative estimate of drug-likeness (QED) is 0.501. The van der Waals surface area contributed by atoms with E-state index in [4.69, 9.17) is 0 Å². The molecule has 0 unspecified atom stereocenters. The van der Waals surface area contributed by atoms with Crippen molar-refractivity contribution >= 4 is 5.69 Å². The first-order chi connectivity index (χ1) is 12.9. The van der Waals surface area contributed by atoms with Crippen molar-refractivity contribution in [2.24, 2.45) is 0 Å². The molecule has 1 N–H and O–H groups in total. The van der Waals surface area contributed by atoms with Crippen molar-refractivity contribution in [2.75, 3.05) is 0 Å². The smallest absolute Gasteiger partial charge is 0.387 e. The van der Waals surface area contributed by atoms with Gasteiger partial charge in [0, 0.05) is 30.1 Å². The Labute approximate surface area is 152 Å². The number of nitrogens with zero attached hydrogens (tertiary/aromatic N) is 3. The van der Waals surface area contributed by atoms with Crippen molar-refractivity contribution in [2.45, 2.75) is 19.3 Å². The van der Waals surface area contributed by atoms with Crippen LogP contribution < -0.4 is 4.74 Å². The molecule has 1 aromatic heterocycles. The van der Waals surface area contributed by atoms with Crippen LogP contribution in [0.1, 0.15) is 11.7 Å². The summed E-state index contributed by atoms with van der Waals surface area (Å²) >= 11 is 0. The molecule has 0 aliphatic heterocycles. The number of non-ortho nitro benzene ring substituents is 1. The Morgan fingerprint density at radius 3 is 2.63 bits per heavy atom. The zero-order valence-electron chi connectivity index (χ0n) is 13.9. The molecule has 1 atom stereocenters. The van der Waals surface area contributed by atoms with Gasteiger partial charge in [0.2, 0.25) is 0 Å². The van der Waals surface area contributed by atoms with Gasteiger partial charge < -0.3 is 14.4 Å². The summed E-state index contributed by atoms with van der Waals surface area (Å²) in [4.78, 5) is 14.7. The molecule has 140 valence electrons. The minimum absolute atomic E-state index is 0.000801. The van der Waals surface area contributed by atoms with E-state index in [1.807, 2.05) is 0 Å². The lowest BCUT2D eigenvalue weighted by Gasteiger charge is -2.15. The van der Waals surface area contributed by atoms with Crippen LogP contribution in [0.25, 0.3) is 11.4 Å². The summed E-state index contributed by atoms with van der Waals surface area (Å²) < 4.78 is 30.3. The Hall–Kier alpha value is -3.33. The number of aromatic nitrogens is 2. The maximum absolute atomic E-state index is 12.2. The van der Waals surface area contributed by atoms with Crippen LogP contribution in [-0.4, -0.2) is 26.2 Å². The summed E-state index contributed by atoms with van der Waals surface area (Å²) in [5, 5.41) is 21.4. The maximum Gasteiger partial charge on any atom is 0.387 e. The third-order valence-electron chi connectivity index (χ3n) is 3.89. The lowest BCUT2D eigenvalue weighted by atomic mass is 10.1. The van der Waals surface area contributed by atoms with E-state index in [-0.39, 0.29) is 18.0 Å². The fourth-order valence-corrected chi connectivity index (χ4v) is 2.64. The highest BCUT2D eigenvalue weighted by molar-refractivity contribution is 5.59. The highest BCUT2D eigenvalue weighted by Gasteiger charge is 2.15. The number of ether oxygens (including phenoxy) is 1. The normalized spacial score (nSPS) is 12.1. The van der Waals surface area contributed by atoms with E-state index in [0.29, 0.717) is 17.0 Å². The van der Waals surface area contributed by atoms with Gasteiger partial charge in [-0.3, -0.25) is 10.1 Å². The van der Waals surface area contributed by atoms with Gasteiger partial charge in [0.1, 0.15) is 11.6 Å². The Kier molecular flexibility index (Phi) is 5.41. The van der Waals surface area contributed by atoms with Crippen molar-refractivity contribution in [3.8, 4) is 17.1 Å². The second kappa shape index (κ2) is 7.92. The molecule has 9 heteroatoms. The fourth-order valence-electron chi connectivity index (χ4n) is 2.64. The molecule has 1 heterocycles. The van der Waals surface area contributed by atoms with Crippen molar-refractivity contribution in [1.82, 2.24) is 9.55 Å². The number of hydrogen-bond acceptors (Lipinski definition) is 5. The molecule has 0 aliphatic carbocycles. The standard InChI is InChI=1S/C18H15F2N3O4/c19-18(20)27-15-6-4-12(5-7-15)16(24)11-22-9-8-21-17(22)13-2-1-3-14(10-13)23(25)26/h1-10,16,18,24H,11H2/t16-/m0/s1. The number of halogens is 2. The molecule has 27 heavy (non-hydrogen) atoms. The van der Waals surface area contributed by atoms with Gasteiger partial charge in [-0.25, -0.2) is 4.98 Å². The number of rotatable bonds is 7. The Morgan fingerprint density at radius 2 is 1.96 bits per heavy atom. The lowest BCUT2D eigenvalue weighted by molar-refractivity contribution is -0.384. The number of aliphatic hydroxyl groups is 1. The van der Waals surface area contributed by atoms with Gasteiger partial charge >= 0.3 is 6.61 Å². The zero-order chi connectivity index (χ0) is 19.4. The van der Waals surface area contributed by atoms with Crippen LogP contribution >= 0.6 is 0 Å². The van der Waals surface area contributed by atoms with Crippen LogP contribution in [0, 0.1) is 10.1 Å². The average molecular weight is 375 g/mol. The van der Waals surface area contributed by atoms with Crippen LogP contribution in [0.3, 0.4) is 0 Å². The second-order valence-corrected chi connectivity index (χ2v) is 5.67. The van der Waals surface area contributed by atoms with Crippen LogP contribution in [0.2, 0.25) is 0 Å². The van der Waals surface area contributed by atoms with Crippen molar-refractivity contribution < 1.29 is 23.5 Å². The van der Waals surface area contributed by atoms with Crippen LogP contribution in [-0.2, 0) is 6.54 Å². The molecular weight excluding hydrogens is 360 g/mol. The van der Waals surface area contributed by atoms with Crippen LogP contribution in [0.15, 0.2) is 60.9 Å². The zero-order valence-corrected chi connectivity index (χ0v) is 13.9. The third-order valence-corrected chi connectivity index (χ3v) is 3.89. The van der Waals surface area contributed by atoms with E-state index in [1.54, 1.807) is 22.9 Å². The minimum Gasteiger partial charge on any atom is -0.435 e. The van der Waals surface area contributed by atoms with Crippen LogP contribution in [0.5, 0.6) is 5.75 Å². The minimum atomic E-state index is -2.91. The van der Waals surface area contributed by atoms with Gasteiger partial charge in [-0.05, 0) is 17.7 Å². The molecule has 0 saturated carbocycles. The van der Waals surface area contributed by atoms with Gasteiger partial charge in [0.25, 0.3) is 5.69 Å². The Morgan fingerprint density at radius 1 is 1.22 bits per heavy atom. The van der Waals surface area contributed by atoms with E-state index in [9.17, 15) is 24.0 Å². The van der Waals surface area contributed by atoms with Gasteiger partial charge in [-0.15, -0.1) is 0 Å². The van der Waals surface area contributed by atoms with Gasteiger partial charge in [-0.1, -0.05) is 24.3 Å². The monoisotopic (exact) mass is 375 g/mol. The maximum atomic E-state index is 12.2. The number of imidazole rings is 1. The first-order valence-electron chi connectivity index (χ1n) is 7.93. The third kappa shape index (κ3) is 4.45. The number of hydrogen-bond donors (Lipinski definition) is 1. The topological polar surface area (TPSA) is 90.4 Å². The van der Waals surface area contributed by atoms with E-state index < -0.39 is 17.6 Å². The molecule has 2 aromatic carbocycles. The number of alkyl halides is 2. The molecule has 0 aliphatic rings. The summed E-state index contributed by atoms with van der Waals surface area (Å²) in [5.74, 6) is 0.469.